The molecule has 0 atom stereocenters. The molecule has 0 unspecified atom stereocenters. The van der Waals surface area contributed by atoms with Crippen LogP contribution < -0.4 is 5.56 Å². The summed E-state index contributed by atoms with van der Waals surface area (Å²) in [6.45, 7) is 0. The molecular weight excluding hydrogens is 248 g/mol. The number of nitrogens with zero attached hydrogens (tertiary/aromatic N) is 3. The Morgan fingerprint density at radius 1 is 1.26 bits per heavy atom. The summed E-state index contributed by atoms with van der Waals surface area (Å²) in [4.78, 5) is 30.1. The van der Waals surface area contributed by atoms with Crippen molar-refractivity contribution >= 4 is 16.9 Å². The molecule has 2 aromatic heterocycles. The van der Waals surface area contributed by atoms with Crippen molar-refractivity contribution in [2.75, 3.05) is 0 Å². The van der Waals surface area contributed by atoms with Crippen molar-refractivity contribution < 1.29 is 9.90 Å². The van der Waals surface area contributed by atoms with E-state index in [0.717, 1.165) is 4.68 Å². The first-order chi connectivity index (χ1) is 9.16. The van der Waals surface area contributed by atoms with Gasteiger partial charge >= 0.3 is 0 Å². The van der Waals surface area contributed by atoms with Crippen LogP contribution in [-0.4, -0.2) is 30.8 Å². The van der Waals surface area contributed by atoms with Gasteiger partial charge in [-0.2, -0.15) is 9.78 Å². The molecule has 0 spiro atoms. The van der Waals surface area contributed by atoms with E-state index in [1.165, 1.54) is 36.8 Å². The number of benzene rings is 1. The molecule has 0 amide bonds. The van der Waals surface area contributed by atoms with E-state index in [0.29, 0.717) is 5.56 Å². The van der Waals surface area contributed by atoms with Crippen molar-refractivity contribution in [1.29, 1.82) is 0 Å². The van der Waals surface area contributed by atoms with Crippen LogP contribution >= 0.6 is 0 Å². The number of aromatic hydroxyl groups is 1. The molecule has 0 aliphatic rings. The van der Waals surface area contributed by atoms with Crippen molar-refractivity contribution in [2.45, 2.75) is 0 Å². The summed E-state index contributed by atoms with van der Waals surface area (Å²) in [6, 6.07) is 5.75. The van der Waals surface area contributed by atoms with Crippen molar-refractivity contribution in [2.24, 2.45) is 0 Å². The van der Waals surface area contributed by atoms with Crippen molar-refractivity contribution in [1.82, 2.24) is 19.7 Å². The topological polar surface area (TPSA) is 101 Å². The third-order valence-corrected chi connectivity index (χ3v) is 2.68. The Bertz CT molecular complexity index is 817. The van der Waals surface area contributed by atoms with E-state index in [9.17, 15) is 14.7 Å². The molecule has 0 saturated heterocycles. The summed E-state index contributed by atoms with van der Waals surface area (Å²) in [5.74, 6) is -0.357. The lowest BCUT2D eigenvalue weighted by molar-refractivity contribution is 0.0950. The van der Waals surface area contributed by atoms with Gasteiger partial charge in [-0.25, -0.2) is 4.98 Å². The fraction of sp³-hybridized carbons (Fsp3) is 0. The number of phenolic OH excluding ortho intramolecular Hbond substituents is 1. The zero-order valence-corrected chi connectivity index (χ0v) is 9.57. The zero-order chi connectivity index (χ0) is 13.4. The third-order valence-electron chi connectivity index (χ3n) is 2.68. The van der Waals surface area contributed by atoms with Crippen LogP contribution in [0.1, 0.15) is 10.4 Å². The number of aromatic nitrogens is 4. The van der Waals surface area contributed by atoms with Crippen LogP contribution in [0.5, 0.6) is 5.75 Å². The molecule has 0 fully saturated rings. The molecule has 1 aromatic carbocycles. The molecule has 0 bridgehead atoms. The summed E-state index contributed by atoms with van der Waals surface area (Å²) in [7, 11) is 0. The minimum atomic E-state index is -0.423. The van der Waals surface area contributed by atoms with Gasteiger partial charge in [0.25, 0.3) is 11.5 Å². The first-order valence-electron chi connectivity index (χ1n) is 5.42. The lowest BCUT2D eigenvalue weighted by atomic mass is 10.2. The number of hydrogen-bond donors (Lipinski definition) is 2. The summed E-state index contributed by atoms with van der Waals surface area (Å²) >= 11 is 0. The van der Waals surface area contributed by atoms with E-state index >= 15 is 0 Å². The second-order valence-corrected chi connectivity index (χ2v) is 3.88. The number of aromatic amines is 1. The molecule has 3 aromatic rings. The average molecular weight is 256 g/mol. The number of hydrogen-bond acceptors (Lipinski definition) is 5. The smallest absolute Gasteiger partial charge is 0.280 e. The third kappa shape index (κ3) is 1.77. The number of phenols is 1. The monoisotopic (exact) mass is 256 g/mol. The first-order valence-corrected chi connectivity index (χ1v) is 5.42. The van der Waals surface area contributed by atoms with E-state index in [1.54, 1.807) is 0 Å². The Morgan fingerprint density at radius 2 is 2.00 bits per heavy atom. The van der Waals surface area contributed by atoms with Crippen LogP contribution in [0.2, 0.25) is 0 Å². The maximum atomic E-state index is 12.2. The van der Waals surface area contributed by atoms with E-state index in [2.05, 4.69) is 15.1 Å². The van der Waals surface area contributed by atoms with E-state index in [-0.39, 0.29) is 22.3 Å². The highest BCUT2D eigenvalue weighted by Gasteiger charge is 2.15. The predicted octanol–water partition coefficient (Wildman–Crippen LogP) is 0.514. The Hall–Kier alpha value is -2.96. The summed E-state index contributed by atoms with van der Waals surface area (Å²) in [5.41, 5.74) is 0.182. The fourth-order valence-electron chi connectivity index (χ4n) is 1.73. The zero-order valence-electron chi connectivity index (χ0n) is 9.57. The number of fused-ring (bicyclic) bond motifs is 1. The van der Waals surface area contributed by atoms with Gasteiger partial charge in [-0.3, -0.25) is 9.59 Å². The normalized spacial score (nSPS) is 10.7. The van der Waals surface area contributed by atoms with Gasteiger partial charge in [0.2, 0.25) is 0 Å². The Kier molecular flexibility index (Phi) is 2.38. The molecule has 0 saturated carbocycles. The molecule has 3 rings (SSSR count). The number of carbonyl (C=O) groups is 1. The van der Waals surface area contributed by atoms with Gasteiger partial charge in [-0.05, 0) is 24.3 Å². The number of rotatable bonds is 1. The lowest BCUT2D eigenvalue weighted by Gasteiger charge is -2.01. The second-order valence-electron chi connectivity index (χ2n) is 3.88. The molecule has 19 heavy (non-hydrogen) atoms. The molecule has 94 valence electrons. The largest absolute Gasteiger partial charge is 0.508 e. The molecule has 2 N–H and O–H groups in total. The Labute approximate surface area is 106 Å². The predicted molar refractivity (Wildman–Crippen MR) is 66.0 cm³/mol. The van der Waals surface area contributed by atoms with E-state index in [4.69, 9.17) is 0 Å². The van der Waals surface area contributed by atoms with Crippen LogP contribution in [0.15, 0.2) is 41.6 Å². The molecular formula is C12H8N4O3. The van der Waals surface area contributed by atoms with Gasteiger partial charge in [0.15, 0.2) is 5.65 Å². The average Bonchev–Trinajstić information content (AvgIpc) is 2.84. The molecule has 0 radical (unpaired) electrons. The fourth-order valence-corrected chi connectivity index (χ4v) is 1.73. The van der Waals surface area contributed by atoms with Gasteiger partial charge in [-0.15, -0.1) is 0 Å². The standard InChI is InChI=1S/C12H8N4O3/c17-8-3-1-7(2-4-8)12(19)16-10-9(5-15-16)11(18)14-6-13-10/h1-6,17H,(H,13,14,18). The number of carbonyl (C=O) groups excluding carboxylic acids is 1. The van der Waals surface area contributed by atoms with Gasteiger partial charge in [-0.1, -0.05) is 0 Å². The van der Waals surface area contributed by atoms with Crippen LogP contribution in [0, 0.1) is 0 Å². The van der Waals surface area contributed by atoms with Crippen molar-refractivity contribution in [3.8, 4) is 5.75 Å². The Balaban J connectivity index is 2.14. The van der Waals surface area contributed by atoms with Crippen LogP contribution in [0.3, 0.4) is 0 Å². The van der Waals surface area contributed by atoms with Gasteiger partial charge in [0.05, 0.1) is 12.5 Å². The second kappa shape index (κ2) is 4.05. The van der Waals surface area contributed by atoms with Crippen LogP contribution in [-0.2, 0) is 0 Å². The Morgan fingerprint density at radius 3 is 2.74 bits per heavy atom. The SMILES string of the molecule is O=C(c1ccc(O)cc1)n1ncc2c(=O)[nH]cnc21. The highest BCUT2D eigenvalue weighted by molar-refractivity contribution is 5.99. The van der Waals surface area contributed by atoms with Gasteiger partial charge in [0, 0.05) is 5.56 Å². The number of nitrogens with one attached hydrogen (secondary N) is 1. The van der Waals surface area contributed by atoms with Crippen molar-refractivity contribution in [3.63, 3.8) is 0 Å². The number of H-pyrrole nitrogens is 1. The highest BCUT2D eigenvalue weighted by Crippen LogP contribution is 2.12. The molecule has 7 nitrogen and oxygen atoms in total. The van der Waals surface area contributed by atoms with E-state index < -0.39 is 5.91 Å². The summed E-state index contributed by atoms with van der Waals surface area (Å²) in [6.07, 6.45) is 2.51. The van der Waals surface area contributed by atoms with Crippen molar-refractivity contribution in [3.05, 3.63) is 52.7 Å². The van der Waals surface area contributed by atoms with Crippen LogP contribution in [0.4, 0.5) is 0 Å². The minimum Gasteiger partial charge on any atom is -0.508 e. The first kappa shape index (κ1) is 11.1. The minimum absolute atomic E-state index is 0.0662. The molecule has 2 heterocycles. The maximum Gasteiger partial charge on any atom is 0.280 e. The summed E-state index contributed by atoms with van der Waals surface area (Å²) < 4.78 is 1.05. The summed E-state index contributed by atoms with van der Waals surface area (Å²) in [5, 5.41) is 13.3. The molecule has 0 aliphatic heterocycles. The molecule has 0 aliphatic carbocycles. The van der Waals surface area contributed by atoms with Crippen LogP contribution in [0.25, 0.3) is 11.0 Å². The van der Waals surface area contributed by atoms with E-state index in [1.807, 2.05) is 0 Å². The maximum absolute atomic E-state index is 12.2. The van der Waals surface area contributed by atoms with Gasteiger partial charge < -0.3 is 10.1 Å². The molecule has 7 heteroatoms. The lowest BCUT2D eigenvalue weighted by Crippen LogP contribution is -2.15. The quantitative estimate of drug-likeness (QED) is 0.660. The van der Waals surface area contributed by atoms with Gasteiger partial charge in [0.1, 0.15) is 11.1 Å². The highest BCUT2D eigenvalue weighted by atomic mass is 16.3.